The molecule has 1 saturated heterocycles. The molecule has 0 bridgehead atoms. The molecule has 1 aliphatic heterocycles. The van der Waals surface area contributed by atoms with Crippen LogP contribution in [0.15, 0.2) is 30.5 Å². The van der Waals surface area contributed by atoms with Crippen LogP contribution in [0.3, 0.4) is 0 Å². The average molecular weight is 374 g/mol. The van der Waals surface area contributed by atoms with Crippen molar-refractivity contribution in [3.05, 3.63) is 36.0 Å². The van der Waals surface area contributed by atoms with Crippen molar-refractivity contribution in [2.45, 2.75) is 39.4 Å². The number of anilines is 1. The molecule has 1 atom stereocenters. The average Bonchev–Trinajstić information content (AvgIpc) is 2.60. The van der Waals surface area contributed by atoms with E-state index >= 15 is 0 Å². The van der Waals surface area contributed by atoms with Gasteiger partial charge in [-0.15, -0.1) is 0 Å². The molecular formula is C21H30N2O4. The van der Waals surface area contributed by atoms with Crippen LogP contribution in [-0.4, -0.2) is 56.6 Å². The number of hydrogen-bond donors (Lipinski definition) is 0. The molecule has 3 rings (SSSR count). The minimum atomic E-state index is -0.524. The van der Waals surface area contributed by atoms with Crippen molar-refractivity contribution in [2.24, 2.45) is 0 Å². The summed E-state index contributed by atoms with van der Waals surface area (Å²) in [4.78, 5) is 19.2. The summed E-state index contributed by atoms with van der Waals surface area (Å²) in [6, 6.07) is 7.76. The van der Waals surface area contributed by atoms with Crippen molar-refractivity contribution in [3.63, 3.8) is 0 Å². The Balaban J connectivity index is 0.000000817. The normalized spacial score (nSPS) is 17.3. The molecule has 1 fully saturated rings. The van der Waals surface area contributed by atoms with Crippen molar-refractivity contribution < 1.29 is 19.0 Å². The Morgan fingerprint density at radius 1 is 1.26 bits per heavy atom. The van der Waals surface area contributed by atoms with E-state index in [1.807, 2.05) is 39.0 Å². The van der Waals surface area contributed by atoms with Gasteiger partial charge in [0.2, 0.25) is 0 Å². The van der Waals surface area contributed by atoms with Gasteiger partial charge in [0.1, 0.15) is 5.60 Å². The molecule has 27 heavy (non-hydrogen) atoms. The van der Waals surface area contributed by atoms with E-state index in [0.29, 0.717) is 12.2 Å². The van der Waals surface area contributed by atoms with Gasteiger partial charge >= 0.3 is 5.97 Å². The quantitative estimate of drug-likeness (QED) is 0.748. The number of ether oxygens (including phenoxy) is 3. The topological polar surface area (TPSA) is 60.9 Å². The van der Waals surface area contributed by atoms with Crippen LogP contribution in [0.2, 0.25) is 0 Å². The van der Waals surface area contributed by atoms with E-state index in [9.17, 15) is 4.79 Å². The van der Waals surface area contributed by atoms with E-state index in [4.69, 9.17) is 9.47 Å². The predicted octanol–water partition coefficient (Wildman–Crippen LogP) is 3.68. The molecule has 0 saturated carbocycles. The summed E-state index contributed by atoms with van der Waals surface area (Å²) in [7, 11) is 3.25. The number of fused-ring (bicyclic) bond motifs is 1. The van der Waals surface area contributed by atoms with E-state index in [1.54, 1.807) is 26.5 Å². The minimum absolute atomic E-state index is 0.202. The van der Waals surface area contributed by atoms with E-state index in [-0.39, 0.29) is 12.1 Å². The molecule has 2 heterocycles. The van der Waals surface area contributed by atoms with Gasteiger partial charge in [0.25, 0.3) is 0 Å². The molecule has 0 unspecified atom stereocenters. The summed E-state index contributed by atoms with van der Waals surface area (Å²) in [5.41, 5.74) is 1.90. The molecule has 0 aliphatic carbocycles. The molecule has 0 amide bonds. The SMILES string of the molecule is COC.C[C@@H]1CN(c2ccc3nccc(C(=O)OC(C)(C)C)c3c2)CCO1. The number of esters is 1. The fourth-order valence-electron chi connectivity index (χ4n) is 2.89. The zero-order valence-corrected chi connectivity index (χ0v) is 17.1. The Bertz CT molecular complexity index is 770. The Morgan fingerprint density at radius 2 is 1.96 bits per heavy atom. The van der Waals surface area contributed by atoms with Gasteiger partial charge < -0.3 is 19.1 Å². The Morgan fingerprint density at radius 3 is 2.59 bits per heavy atom. The Hall–Kier alpha value is -2.18. The molecule has 0 radical (unpaired) electrons. The highest BCUT2D eigenvalue weighted by atomic mass is 16.6. The third-order valence-electron chi connectivity index (χ3n) is 3.95. The molecule has 2 aromatic rings. The maximum absolute atomic E-state index is 12.5. The smallest absolute Gasteiger partial charge is 0.339 e. The van der Waals surface area contributed by atoms with Crippen molar-refractivity contribution in [1.29, 1.82) is 0 Å². The standard InChI is InChI=1S/C19H24N2O3.C2H6O/c1-13-12-21(9-10-23-13)14-5-6-17-16(11-14)15(7-8-20-17)18(22)24-19(2,3)4;1-3-2/h5-8,11,13H,9-10,12H2,1-4H3;1-2H3/t13-;/m1./s1. The first-order valence-electron chi connectivity index (χ1n) is 9.14. The van der Waals surface area contributed by atoms with Gasteiger partial charge in [0.15, 0.2) is 0 Å². The van der Waals surface area contributed by atoms with Crippen molar-refractivity contribution in [3.8, 4) is 0 Å². The second kappa shape index (κ2) is 9.15. The van der Waals surface area contributed by atoms with E-state index in [1.165, 1.54) is 0 Å². The summed E-state index contributed by atoms with van der Waals surface area (Å²) < 4.78 is 15.4. The maximum atomic E-state index is 12.5. The van der Waals surface area contributed by atoms with Crippen LogP contribution in [0.4, 0.5) is 5.69 Å². The summed E-state index contributed by atoms with van der Waals surface area (Å²) in [6.07, 6.45) is 1.85. The minimum Gasteiger partial charge on any atom is -0.456 e. The lowest BCUT2D eigenvalue weighted by atomic mass is 10.1. The molecule has 0 spiro atoms. The van der Waals surface area contributed by atoms with Crippen LogP contribution in [-0.2, 0) is 14.2 Å². The number of carbonyl (C=O) groups excluding carboxylic acids is 1. The first-order valence-corrected chi connectivity index (χ1v) is 9.14. The molecule has 1 aliphatic rings. The predicted molar refractivity (Wildman–Crippen MR) is 107 cm³/mol. The summed E-state index contributed by atoms with van der Waals surface area (Å²) >= 11 is 0. The lowest BCUT2D eigenvalue weighted by molar-refractivity contribution is 0.00717. The van der Waals surface area contributed by atoms with Crippen LogP contribution >= 0.6 is 0 Å². The number of aromatic nitrogens is 1. The number of nitrogens with zero attached hydrogens (tertiary/aromatic N) is 2. The second-order valence-corrected chi connectivity index (χ2v) is 7.60. The van der Waals surface area contributed by atoms with Crippen LogP contribution in [0.1, 0.15) is 38.1 Å². The summed E-state index contributed by atoms with van der Waals surface area (Å²) in [5.74, 6) is -0.317. The molecule has 1 aromatic carbocycles. The third kappa shape index (κ3) is 5.91. The second-order valence-electron chi connectivity index (χ2n) is 7.60. The lowest BCUT2D eigenvalue weighted by Gasteiger charge is -2.33. The van der Waals surface area contributed by atoms with E-state index in [0.717, 1.165) is 29.7 Å². The molecule has 6 nitrogen and oxygen atoms in total. The zero-order valence-electron chi connectivity index (χ0n) is 17.1. The van der Waals surface area contributed by atoms with Crippen LogP contribution in [0.5, 0.6) is 0 Å². The van der Waals surface area contributed by atoms with Gasteiger partial charge in [-0.25, -0.2) is 4.79 Å². The van der Waals surface area contributed by atoms with Crippen LogP contribution in [0, 0.1) is 0 Å². The van der Waals surface area contributed by atoms with E-state index < -0.39 is 5.60 Å². The number of benzene rings is 1. The maximum Gasteiger partial charge on any atom is 0.339 e. The summed E-state index contributed by atoms with van der Waals surface area (Å²) in [5, 5.41) is 0.823. The Labute approximate surface area is 161 Å². The van der Waals surface area contributed by atoms with Gasteiger partial charge in [0, 0.05) is 44.6 Å². The molecule has 1 aromatic heterocycles. The largest absolute Gasteiger partial charge is 0.456 e. The first kappa shape index (κ1) is 21.1. The molecule has 6 heteroatoms. The molecular weight excluding hydrogens is 344 g/mol. The van der Waals surface area contributed by atoms with Gasteiger partial charge in [-0.1, -0.05) is 0 Å². The first-order chi connectivity index (χ1) is 12.7. The number of methoxy groups -OCH3 is 1. The number of rotatable bonds is 2. The van der Waals surface area contributed by atoms with Crippen LogP contribution < -0.4 is 4.90 Å². The van der Waals surface area contributed by atoms with Crippen molar-refractivity contribution >= 4 is 22.6 Å². The lowest BCUT2D eigenvalue weighted by Crippen LogP contribution is -2.41. The fraction of sp³-hybridized carbons (Fsp3) is 0.524. The Kier molecular flexibility index (Phi) is 7.16. The highest BCUT2D eigenvalue weighted by Crippen LogP contribution is 2.26. The van der Waals surface area contributed by atoms with Gasteiger partial charge in [-0.2, -0.15) is 0 Å². The number of hydrogen-bond acceptors (Lipinski definition) is 6. The highest BCUT2D eigenvalue weighted by Gasteiger charge is 2.21. The number of morpholine rings is 1. The molecule has 148 valence electrons. The van der Waals surface area contributed by atoms with Gasteiger partial charge in [0.05, 0.1) is 23.8 Å². The van der Waals surface area contributed by atoms with Gasteiger partial charge in [-0.3, -0.25) is 4.98 Å². The van der Waals surface area contributed by atoms with Crippen molar-refractivity contribution in [1.82, 2.24) is 4.98 Å². The number of carbonyl (C=O) groups is 1. The zero-order chi connectivity index (χ0) is 20.0. The highest BCUT2D eigenvalue weighted by molar-refractivity contribution is 6.04. The number of pyridine rings is 1. The van der Waals surface area contributed by atoms with Gasteiger partial charge in [-0.05, 0) is 52.0 Å². The molecule has 0 N–H and O–H groups in total. The third-order valence-corrected chi connectivity index (χ3v) is 3.95. The fourth-order valence-corrected chi connectivity index (χ4v) is 2.89. The summed E-state index contributed by atoms with van der Waals surface area (Å²) in [6.45, 7) is 10.1. The van der Waals surface area contributed by atoms with Crippen molar-refractivity contribution in [2.75, 3.05) is 38.8 Å². The van der Waals surface area contributed by atoms with Crippen LogP contribution in [0.25, 0.3) is 10.9 Å². The monoisotopic (exact) mass is 374 g/mol. The van der Waals surface area contributed by atoms with E-state index in [2.05, 4.69) is 21.5 Å².